The maximum atomic E-state index is 12.8. The smallest absolute Gasteiger partial charge is 0.259 e. The first-order valence-corrected chi connectivity index (χ1v) is 9.36. The number of hydrogen-bond donors (Lipinski definition) is 2. The van der Waals surface area contributed by atoms with Crippen LogP contribution in [0, 0.1) is 13.8 Å². The topological polar surface area (TPSA) is 76.0 Å². The van der Waals surface area contributed by atoms with Crippen molar-refractivity contribution in [3.63, 3.8) is 0 Å². The van der Waals surface area contributed by atoms with Crippen molar-refractivity contribution in [2.24, 2.45) is 0 Å². The molecule has 0 radical (unpaired) electrons. The van der Waals surface area contributed by atoms with E-state index < -0.39 is 0 Å². The summed E-state index contributed by atoms with van der Waals surface area (Å²) in [5.74, 6) is -0.353. The molecule has 1 aliphatic carbocycles. The molecule has 1 aliphatic rings. The molecule has 0 atom stereocenters. The Morgan fingerprint density at radius 1 is 1.04 bits per heavy atom. The summed E-state index contributed by atoms with van der Waals surface area (Å²) in [6.45, 7) is 3.76. The Labute approximate surface area is 163 Å². The van der Waals surface area contributed by atoms with Gasteiger partial charge in [0.15, 0.2) is 0 Å². The van der Waals surface area contributed by atoms with Crippen molar-refractivity contribution in [1.29, 1.82) is 0 Å². The van der Waals surface area contributed by atoms with Crippen LogP contribution in [-0.4, -0.2) is 27.6 Å². The van der Waals surface area contributed by atoms with Crippen LogP contribution in [0.4, 0.5) is 5.69 Å². The molecule has 6 heteroatoms. The fourth-order valence-electron chi connectivity index (χ4n) is 3.05. The molecule has 28 heavy (non-hydrogen) atoms. The van der Waals surface area contributed by atoms with E-state index >= 15 is 0 Å². The van der Waals surface area contributed by atoms with E-state index in [9.17, 15) is 9.59 Å². The average molecular weight is 374 g/mol. The van der Waals surface area contributed by atoms with Gasteiger partial charge in [-0.1, -0.05) is 24.3 Å². The minimum absolute atomic E-state index is 0.105. The lowest BCUT2D eigenvalue weighted by atomic mass is 10.1. The average Bonchev–Trinajstić information content (AvgIpc) is 3.42. The van der Waals surface area contributed by atoms with Crippen molar-refractivity contribution in [3.8, 4) is 5.69 Å². The molecule has 142 valence electrons. The molecule has 1 aromatic heterocycles. The Balaban J connectivity index is 1.55. The first kappa shape index (κ1) is 18.0. The molecule has 2 aromatic carbocycles. The molecular formula is C22H22N4O2. The number of anilines is 1. The van der Waals surface area contributed by atoms with Crippen LogP contribution in [0.3, 0.4) is 0 Å². The van der Waals surface area contributed by atoms with Crippen molar-refractivity contribution < 1.29 is 9.59 Å². The fourth-order valence-corrected chi connectivity index (χ4v) is 3.05. The van der Waals surface area contributed by atoms with E-state index in [0.717, 1.165) is 29.8 Å². The zero-order chi connectivity index (χ0) is 19.7. The number of para-hydroxylation sites is 1. The van der Waals surface area contributed by atoms with E-state index in [1.54, 1.807) is 23.0 Å². The zero-order valence-electron chi connectivity index (χ0n) is 15.9. The number of rotatable bonds is 5. The Hall–Kier alpha value is -3.41. The lowest BCUT2D eigenvalue weighted by molar-refractivity contribution is 0.0949. The van der Waals surface area contributed by atoms with Gasteiger partial charge in [0.2, 0.25) is 0 Å². The van der Waals surface area contributed by atoms with E-state index in [1.807, 2.05) is 50.2 Å². The van der Waals surface area contributed by atoms with Crippen molar-refractivity contribution in [3.05, 3.63) is 77.1 Å². The van der Waals surface area contributed by atoms with Crippen LogP contribution in [0.5, 0.6) is 0 Å². The second-order valence-corrected chi connectivity index (χ2v) is 7.12. The van der Waals surface area contributed by atoms with Crippen LogP contribution < -0.4 is 10.6 Å². The highest BCUT2D eigenvalue weighted by Gasteiger charge is 2.24. The molecule has 1 heterocycles. The third-order valence-corrected chi connectivity index (χ3v) is 4.92. The van der Waals surface area contributed by atoms with Crippen molar-refractivity contribution in [2.45, 2.75) is 32.7 Å². The van der Waals surface area contributed by atoms with Gasteiger partial charge in [0.25, 0.3) is 11.8 Å². The summed E-state index contributed by atoms with van der Waals surface area (Å²) in [5.41, 5.74) is 4.21. The lowest BCUT2D eigenvalue weighted by Crippen LogP contribution is -2.25. The van der Waals surface area contributed by atoms with Gasteiger partial charge in [-0.3, -0.25) is 9.59 Å². The second-order valence-electron chi connectivity index (χ2n) is 7.12. The van der Waals surface area contributed by atoms with Gasteiger partial charge in [-0.2, -0.15) is 5.10 Å². The molecule has 2 amide bonds. The number of nitrogens with one attached hydrogen (secondary N) is 2. The minimum atomic E-state index is -0.248. The molecule has 0 unspecified atom stereocenters. The summed E-state index contributed by atoms with van der Waals surface area (Å²) in [4.78, 5) is 25.1. The normalized spacial score (nSPS) is 13.2. The van der Waals surface area contributed by atoms with Crippen LogP contribution in [-0.2, 0) is 0 Å². The van der Waals surface area contributed by atoms with E-state index in [4.69, 9.17) is 0 Å². The highest BCUT2D eigenvalue weighted by Crippen LogP contribution is 2.22. The standard InChI is InChI=1S/C22H22N4O2/c1-14-8-9-16(21(27)24-17-10-11-17)12-20(14)25-22(28)19-13-23-26(15(19)2)18-6-4-3-5-7-18/h3-9,12-13,17H,10-11H2,1-2H3,(H,24,27)(H,25,28). The van der Waals surface area contributed by atoms with Crippen LogP contribution in [0.1, 0.15) is 44.8 Å². The Morgan fingerprint density at radius 2 is 1.79 bits per heavy atom. The quantitative estimate of drug-likeness (QED) is 0.716. The molecule has 3 aromatic rings. The van der Waals surface area contributed by atoms with Gasteiger partial charge < -0.3 is 10.6 Å². The minimum Gasteiger partial charge on any atom is -0.349 e. The first-order chi connectivity index (χ1) is 13.5. The van der Waals surface area contributed by atoms with Gasteiger partial charge in [-0.05, 0) is 56.5 Å². The summed E-state index contributed by atoms with van der Waals surface area (Å²) < 4.78 is 1.74. The number of aromatic nitrogens is 2. The predicted molar refractivity (Wildman–Crippen MR) is 108 cm³/mol. The molecule has 1 fully saturated rings. The van der Waals surface area contributed by atoms with Crippen LogP contribution in [0.2, 0.25) is 0 Å². The van der Waals surface area contributed by atoms with Crippen LogP contribution in [0.15, 0.2) is 54.7 Å². The lowest BCUT2D eigenvalue weighted by Gasteiger charge is -2.11. The SMILES string of the molecule is Cc1ccc(C(=O)NC2CC2)cc1NC(=O)c1cnn(-c2ccccc2)c1C. The number of hydrogen-bond acceptors (Lipinski definition) is 3. The van der Waals surface area contributed by atoms with Gasteiger partial charge in [-0.25, -0.2) is 4.68 Å². The Bertz CT molecular complexity index is 1040. The van der Waals surface area contributed by atoms with Crippen LogP contribution >= 0.6 is 0 Å². The van der Waals surface area contributed by atoms with Crippen molar-refractivity contribution >= 4 is 17.5 Å². The number of aryl methyl sites for hydroxylation is 1. The van der Waals surface area contributed by atoms with Crippen LogP contribution in [0.25, 0.3) is 5.69 Å². The summed E-state index contributed by atoms with van der Waals surface area (Å²) >= 11 is 0. The van der Waals surface area contributed by atoms with Crippen molar-refractivity contribution in [2.75, 3.05) is 5.32 Å². The van der Waals surface area contributed by atoms with E-state index in [2.05, 4.69) is 15.7 Å². The zero-order valence-corrected chi connectivity index (χ0v) is 15.9. The largest absolute Gasteiger partial charge is 0.349 e. The predicted octanol–water partition coefficient (Wildman–Crippen LogP) is 3.63. The molecule has 0 bridgehead atoms. The molecule has 0 aliphatic heterocycles. The second kappa shape index (κ2) is 7.31. The number of benzene rings is 2. The molecule has 1 saturated carbocycles. The Morgan fingerprint density at radius 3 is 2.50 bits per heavy atom. The summed E-state index contributed by atoms with van der Waals surface area (Å²) in [7, 11) is 0. The number of carbonyl (C=O) groups excluding carboxylic acids is 2. The molecule has 4 rings (SSSR count). The fraction of sp³-hybridized carbons (Fsp3) is 0.227. The first-order valence-electron chi connectivity index (χ1n) is 9.36. The van der Waals surface area contributed by atoms with Gasteiger partial charge in [0.1, 0.15) is 0 Å². The highest BCUT2D eigenvalue weighted by atomic mass is 16.2. The van der Waals surface area contributed by atoms with Gasteiger partial charge in [-0.15, -0.1) is 0 Å². The van der Waals surface area contributed by atoms with E-state index in [0.29, 0.717) is 22.9 Å². The van der Waals surface area contributed by atoms with Gasteiger partial charge >= 0.3 is 0 Å². The Kier molecular flexibility index (Phi) is 4.69. The summed E-state index contributed by atoms with van der Waals surface area (Å²) in [6, 6.07) is 15.3. The summed E-state index contributed by atoms with van der Waals surface area (Å²) in [6.07, 6.45) is 3.63. The highest BCUT2D eigenvalue weighted by molar-refractivity contribution is 6.06. The maximum Gasteiger partial charge on any atom is 0.259 e. The third kappa shape index (κ3) is 3.67. The molecular weight excluding hydrogens is 352 g/mol. The monoisotopic (exact) mass is 374 g/mol. The third-order valence-electron chi connectivity index (χ3n) is 4.92. The van der Waals surface area contributed by atoms with Crippen molar-refractivity contribution in [1.82, 2.24) is 15.1 Å². The van der Waals surface area contributed by atoms with Gasteiger partial charge in [0.05, 0.1) is 23.1 Å². The van der Waals surface area contributed by atoms with E-state index in [-0.39, 0.29) is 11.8 Å². The molecule has 0 spiro atoms. The van der Waals surface area contributed by atoms with Gasteiger partial charge in [0, 0.05) is 17.3 Å². The molecule has 6 nitrogen and oxygen atoms in total. The number of carbonyl (C=O) groups is 2. The number of amides is 2. The summed E-state index contributed by atoms with van der Waals surface area (Å²) in [5, 5.41) is 10.2. The maximum absolute atomic E-state index is 12.8. The number of nitrogens with zero attached hydrogens (tertiary/aromatic N) is 2. The molecule has 2 N–H and O–H groups in total. The molecule has 0 saturated heterocycles. The van der Waals surface area contributed by atoms with E-state index in [1.165, 1.54) is 0 Å².